The van der Waals surface area contributed by atoms with Gasteiger partial charge in [-0.15, -0.1) is 0 Å². The molecule has 0 saturated carbocycles. The molecule has 1 aliphatic heterocycles. The molecule has 0 bridgehead atoms. The van der Waals surface area contributed by atoms with Crippen molar-refractivity contribution in [3.8, 4) is 16.9 Å². The van der Waals surface area contributed by atoms with Gasteiger partial charge in [0.25, 0.3) is 0 Å². The molecule has 85 valence electrons. The van der Waals surface area contributed by atoms with Crippen LogP contribution in [0.2, 0.25) is 5.02 Å². The monoisotopic (exact) mass is 247 g/mol. The highest BCUT2D eigenvalue weighted by Gasteiger charge is 2.20. The predicted octanol–water partition coefficient (Wildman–Crippen LogP) is 4.24. The normalized spacial score (nSPS) is 13.3. The molecule has 0 aliphatic carbocycles. The first-order valence-corrected chi connectivity index (χ1v) is 5.69. The quantitative estimate of drug-likeness (QED) is 0.732. The van der Waals surface area contributed by atoms with E-state index in [1.807, 2.05) is 6.07 Å². The van der Waals surface area contributed by atoms with Gasteiger partial charge >= 0.3 is 0 Å². The van der Waals surface area contributed by atoms with Crippen molar-refractivity contribution >= 4 is 11.6 Å². The summed E-state index contributed by atoms with van der Waals surface area (Å²) >= 11 is 6.04. The Balaban J connectivity index is 2.25. The second-order valence-corrected chi connectivity index (χ2v) is 4.35. The molecule has 0 spiro atoms. The lowest BCUT2D eigenvalue weighted by molar-refractivity contribution is 0.436. The Labute approximate surface area is 104 Å². The molecule has 2 aromatic carbocycles. The van der Waals surface area contributed by atoms with Crippen LogP contribution in [-0.2, 0) is 6.42 Å². The molecule has 0 atom stereocenters. The van der Waals surface area contributed by atoms with Crippen LogP contribution in [0.5, 0.6) is 5.75 Å². The molecule has 3 heteroatoms. The minimum atomic E-state index is -0.271. The molecule has 2 aromatic rings. The number of halogens is 2. The van der Waals surface area contributed by atoms with Gasteiger partial charge in [0.2, 0.25) is 0 Å². The number of rotatable bonds is 1. The van der Waals surface area contributed by atoms with E-state index in [4.69, 9.17) is 16.3 Å². The van der Waals surface area contributed by atoms with Crippen LogP contribution >= 0.6 is 11.6 Å². The zero-order chi connectivity index (χ0) is 11.8. The number of benzene rings is 2. The van der Waals surface area contributed by atoms with Gasteiger partial charge in [0.15, 0.2) is 0 Å². The largest absolute Gasteiger partial charge is 0.485 e. The summed E-state index contributed by atoms with van der Waals surface area (Å²) in [6, 6.07) is 10.2. The summed E-state index contributed by atoms with van der Waals surface area (Å²) in [5, 5.41) is 0.598. The third-order valence-corrected chi connectivity index (χ3v) is 3.02. The van der Waals surface area contributed by atoms with Crippen LogP contribution in [-0.4, -0.2) is 0 Å². The second kappa shape index (κ2) is 4.04. The molecule has 0 amide bonds. The second-order valence-electron chi connectivity index (χ2n) is 3.91. The molecule has 0 unspecified atom stereocenters. The van der Waals surface area contributed by atoms with Crippen molar-refractivity contribution in [2.24, 2.45) is 0 Å². The fourth-order valence-corrected chi connectivity index (χ4v) is 2.28. The first kappa shape index (κ1) is 10.6. The summed E-state index contributed by atoms with van der Waals surface area (Å²) < 4.78 is 19.2. The maximum atomic E-state index is 13.8. The number of fused-ring (bicyclic) bond motifs is 1. The van der Waals surface area contributed by atoms with Gasteiger partial charge in [-0.3, -0.25) is 0 Å². The van der Waals surface area contributed by atoms with Gasteiger partial charge in [-0.05, 0) is 18.2 Å². The van der Waals surface area contributed by atoms with Gasteiger partial charge in [0.1, 0.15) is 18.2 Å². The highest BCUT2D eigenvalue weighted by Crippen LogP contribution is 2.40. The van der Waals surface area contributed by atoms with E-state index in [1.165, 1.54) is 6.07 Å². The smallest absolute Gasteiger partial charge is 0.140 e. The highest BCUT2D eigenvalue weighted by molar-refractivity contribution is 6.31. The van der Waals surface area contributed by atoms with E-state index in [-0.39, 0.29) is 5.82 Å². The molecule has 0 aromatic heterocycles. The van der Waals surface area contributed by atoms with Crippen LogP contribution in [0.4, 0.5) is 4.39 Å². The molecule has 1 heterocycles. The van der Waals surface area contributed by atoms with Gasteiger partial charge in [-0.2, -0.15) is 0 Å². The van der Waals surface area contributed by atoms with E-state index in [0.717, 1.165) is 5.56 Å². The molecular formula is C14H9ClFO. The average Bonchev–Trinajstić information content (AvgIpc) is 2.76. The third-order valence-electron chi connectivity index (χ3n) is 2.80. The van der Waals surface area contributed by atoms with E-state index in [0.29, 0.717) is 28.3 Å². The number of hydrogen-bond acceptors (Lipinski definition) is 1. The van der Waals surface area contributed by atoms with Crippen LogP contribution in [0.1, 0.15) is 5.56 Å². The summed E-state index contributed by atoms with van der Waals surface area (Å²) in [6.45, 7) is 1.70. The molecule has 17 heavy (non-hydrogen) atoms. The SMILES string of the molecule is Fc1ccccc1-c1cc(Cl)cc2c1O[CH]C2. The van der Waals surface area contributed by atoms with Gasteiger partial charge < -0.3 is 4.74 Å². The van der Waals surface area contributed by atoms with Crippen LogP contribution in [0.3, 0.4) is 0 Å². The maximum Gasteiger partial charge on any atom is 0.140 e. The first-order chi connectivity index (χ1) is 8.25. The van der Waals surface area contributed by atoms with Crippen molar-refractivity contribution in [2.45, 2.75) is 6.42 Å². The Morgan fingerprint density at radius 1 is 1.12 bits per heavy atom. The van der Waals surface area contributed by atoms with Gasteiger partial charge in [-0.25, -0.2) is 4.39 Å². The topological polar surface area (TPSA) is 9.23 Å². The van der Waals surface area contributed by atoms with Crippen LogP contribution in [0, 0.1) is 12.4 Å². The van der Waals surface area contributed by atoms with Crippen molar-refractivity contribution in [3.63, 3.8) is 0 Å². The van der Waals surface area contributed by atoms with Crippen molar-refractivity contribution in [1.82, 2.24) is 0 Å². The molecule has 0 fully saturated rings. The summed E-state index contributed by atoms with van der Waals surface area (Å²) in [4.78, 5) is 0. The van der Waals surface area contributed by atoms with Gasteiger partial charge in [0, 0.05) is 28.1 Å². The standard InChI is InChI=1S/C14H9ClFO/c15-10-7-9-5-6-17-14(9)12(8-10)11-3-1-2-4-13(11)16/h1-4,6-8H,5H2. The lowest BCUT2D eigenvalue weighted by Gasteiger charge is -2.09. The Morgan fingerprint density at radius 2 is 1.94 bits per heavy atom. The zero-order valence-electron chi connectivity index (χ0n) is 8.91. The van der Waals surface area contributed by atoms with Crippen molar-refractivity contribution < 1.29 is 9.13 Å². The Kier molecular flexibility index (Phi) is 2.52. The Morgan fingerprint density at radius 3 is 2.76 bits per heavy atom. The summed E-state index contributed by atoms with van der Waals surface area (Å²) in [7, 11) is 0. The summed E-state index contributed by atoms with van der Waals surface area (Å²) in [5.41, 5.74) is 2.22. The minimum Gasteiger partial charge on any atom is -0.485 e. The highest BCUT2D eigenvalue weighted by atomic mass is 35.5. The molecule has 1 nitrogen and oxygen atoms in total. The lowest BCUT2D eigenvalue weighted by Crippen LogP contribution is -1.88. The van der Waals surface area contributed by atoms with Crippen molar-refractivity contribution in [2.75, 3.05) is 0 Å². The van der Waals surface area contributed by atoms with Gasteiger partial charge in [-0.1, -0.05) is 29.8 Å². The molecule has 0 saturated heterocycles. The Hall–Kier alpha value is -1.54. The van der Waals surface area contributed by atoms with E-state index >= 15 is 0 Å². The first-order valence-electron chi connectivity index (χ1n) is 5.31. The number of ether oxygens (including phenoxy) is 1. The zero-order valence-corrected chi connectivity index (χ0v) is 9.67. The van der Waals surface area contributed by atoms with Crippen LogP contribution in [0.25, 0.3) is 11.1 Å². The van der Waals surface area contributed by atoms with Crippen LogP contribution in [0.15, 0.2) is 36.4 Å². The molecular weight excluding hydrogens is 239 g/mol. The van der Waals surface area contributed by atoms with Gasteiger partial charge in [0.05, 0.1) is 0 Å². The average molecular weight is 248 g/mol. The van der Waals surface area contributed by atoms with E-state index in [1.54, 1.807) is 30.9 Å². The van der Waals surface area contributed by atoms with Crippen molar-refractivity contribution in [3.05, 3.63) is 59.4 Å². The van der Waals surface area contributed by atoms with Crippen LogP contribution < -0.4 is 4.74 Å². The minimum absolute atomic E-state index is 0.271. The third kappa shape index (κ3) is 1.79. The molecule has 3 rings (SSSR count). The predicted molar refractivity (Wildman–Crippen MR) is 65.5 cm³/mol. The van der Waals surface area contributed by atoms with E-state index in [2.05, 4.69) is 0 Å². The summed E-state index contributed by atoms with van der Waals surface area (Å²) in [5.74, 6) is 0.437. The van der Waals surface area contributed by atoms with E-state index in [9.17, 15) is 4.39 Å². The fourth-order valence-electron chi connectivity index (χ4n) is 2.04. The molecule has 1 radical (unpaired) electrons. The molecule has 0 N–H and O–H groups in total. The van der Waals surface area contributed by atoms with E-state index < -0.39 is 0 Å². The maximum absolute atomic E-state index is 13.8. The number of hydrogen-bond donors (Lipinski definition) is 0. The molecule has 1 aliphatic rings. The summed E-state index contributed by atoms with van der Waals surface area (Å²) in [6.07, 6.45) is 0.706. The lowest BCUT2D eigenvalue weighted by atomic mass is 10.0. The fraction of sp³-hybridized carbons (Fsp3) is 0.0714. The Bertz CT molecular complexity index is 580. The van der Waals surface area contributed by atoms with Crippen molar-refractivity contribution in [1.29, 1.82) is 0 Å².